The maximum absolute atomic E-state index is 10.6. The highest BCUT2D eigenvalue weighted by Crippen LogP contribution is 2.15. The standard InChI is InChI=1S/C7H8N2O/c1-6(10)9-4-2-3-7(9)5-8/h1,7H,2-4H2. The zero-order valence-electron chi connectivity index (χ0n) is 5.58. The summed E-state index contributed by atoms with van der Waals surface area (Å²) in [5, 5.41) is 8.49. The fourth-order valence-corrected chi connectivity index (χ4v) is 1.16. The molecule has 1 rings (SSSR count). The minimum Gasteiger partial charge on any atom is -0.326 e. The molecule has 3 nitrogen and oxygen atoms in total. The normalized spacial score (nSPS) is 24.4. The van der Waals surface area contributed by atoms with E-state index in [2.05, 4.69) is 0 Å². The summed E-state index contributed by atoms with van der Waals surface area (Å²) in [6.45, 7) is 5.63. The van der Waals surface area contributed by atoms with E-state index in [-0.39, 0.29) is 6.04 Å². The predicted molar refractivity (Wildman–Crippen MR) is 34.6 cm³/mol. The molecule has 1 atom stereocenters. The zero-order valence-corrected chi connectivity index (χ0v) is 5.58. The summed E-state index contributed by atoms with van der Waals surface area (Å²) in [6.07, 6.45) is 1.65. The monoisotopic (exact) mass is 136 g/mol. The van der Waals surface area contributed by atoms with Gasteiger partial charge in [0.2, 0.25) is 5.91 Å². The topological polar surface area (TPSA) is 44.1 Å². The van der Waals surface area contributed by atoms with E-state index in [0.717, 1.165) is 12.8 Å². The van der Waals surface area contributed by atoms with Crippen LogP contribution in [-0.2, 0) is 4.79 Å². The van der Waals surface area contributed by atoms with Crippen LogP contribution in [0.4, 0.5) is 0 Å². The van der Waals surface area contributed by atoms with Crippen molar-refractivity contribution in [2.75, 3.05) is 6.54 Å². The highest BCUT2D eigenvalue weighted by atomic mass is 16.2. The number of nitriles is 1. The largest absolute Gasteiger partial charge is 0.326 e. The predicted octanol–water partition coefficient (Wildman–Crippen LogP) is 0.212. The summed E-state index contributed by atoms with van der Waals surface area (Å²) in [7, 11) is 0. The quantitative estimate of drug-likeness (QED) is 0.478. The molecule has 0 spiro atoms. The first-order valence-corrected chi connectivity index (χ1v) is 3.21. The van der Waals surface area contributed by atoms with Crippen molar-refractivity contribution in [3.63, 3.8) is 0 Å². The van der Waals surface area contributed by atoms with E-state index < -0.39 is 5.91 Å². The van der Waals surface area contributed by atoms with E-state index >= 15 is 0 Å². The fourth-order valence-electron chi connectivity index (χ4n) is 1.16. The van der Waals surface area contributed by atoms with E-state index in [1.807, 2.05) is 6.07 Å². The zero-order chi connectivity index (χ0) is 7.56. The van der Waals surface area contributed by atoms with Gasteiger partial charge < -0.3 is 4.90 Å². The molecule has 0 aromatic rings. The summed E-state index contributed by atoms with van der Waals surface area (Å²) in [5.41, 5.74) is 0. The van der Waals surface area contributed by atoms with E-state index in [0.29, 0.717) is 6.54 Å². The van der Waals surface area contributed by atoms with Gasteiger partial charge in [0.05, 0.1) is 13.0 Å². The molecule has 0 aromatic carbocycles. The van der Waals surface area contributed by atoms with Gasteiger partial charge in [-0.1, -0.05) is 0 Å². The van der Waals surface area contributed by atoms with Crippen LogP contribution in [0, 0.1) is 18.3 Å². The lowest BCUT2D eigenvalue weighted by molar-refractivity contribution is -0.126. The second kappa shape index (κ2) is 2.70. The van der Waals surface area contributed by atoms with Crippen LogP contribution in [0.25, 0.3) is 0 Å². The van der Waals surface area contributed by atoms with Crippen molar-refractivity contribution in [3.8, 4) is 6.07 Å². The molecule has 0 N–H and O–H groups in total. The molecule has 1 aliphatic heterocycles. The third kappa shape index (κ3) is 1.10. The van der Waals surface area contributed by atoms with Crippen LogP contribution in [0.2, 0.25) is 0 Å². The van der Waals surface area contributed by atoms with Crippen molar-refractivity contribution >= 4 is 5.91 Å². The van der Waals surface area contributed by atoms with Gasteiger partial charge in [-0.15, -0.1) is 0 Å². The van der Waals surface area contributed by atoms with Gasteiger partial charge in [-0.05, 0) is 12.8 Å². The number of nitrogens with zero attached hydrogens (tertiary/aromatic N) is 2. The van der Waals surface area contributed by atoms with Crippen molar-refractivity contribution in [2.45, 2.75) is 18.9 Å². The van der Waals surface area contributed by atoms with E-state index in [4.69, 9.17) is 12.2 Å². The van der Waals surface area contributed by atoms with Gasteiger partial charge in [0.15, 0.2) is 0 Å². The molecule has 1 amide bonds. The molecule has 1 unspecified atom stereocenters. The third-order valence-corrected chi connectivity index (χ3v) is 1.68. The van der Waals surface area contributed by atoms with Crippen molar-refractivity contribution in [1.29, 1.82) is 5.26 Å². The molecular weight excluding hydrogens is 128 g/mol. The Morgan fingerprint density at radius 3 is 2.90 bits per heavy atom. The SMILES string of the molecule is [CH]C(=O)N1CCCC1C#N. The van der Waals surface area contributed by atoms with Gasteiger partial charge in [-0.2, -0.15) is 5.26 Å². The number of likely N-dealkylation sites (tertiary alicyclic amines) is 1. The molecule has 1 saturated heterocycles. The number of hydrogen-bond acceptors (Lipinski definition) is 2. The second-order valence-electron chi connectivity index (χ2n) is 2.32. The molecule has 0 saturated carbocycles. The molecule has 1 fully saturated rings. The molecule has 2 radical (unpaired) electrons. The molecular formula is C7H8N2O. The Kier molecular flexibility index (Phi) is 1.91. The van der Waals surface area contributed by atoms with Crippen LogP contribution in [0.3, 0.4) is 0 Å². The van der Waals surface area contributed by atoms with Crippen LogP contribution in [0.15, 0.2) is 0 Å². The molecule has 0 aromatic heterocycles. The average molecular weight is 136 g/mol. The number of hydrogen-bond donors (Lipinski definition) is 0. The van der Waals surface area contributed by atoms with Crippen LogP contribution >= 0.6 is 0 Å². The maximum atomic E-state index is 10.6. The lowest BCUT2D eigenvalue weighted by Crippen LogP contribution is -2.32. The summed E-state index contributed by atoms with van der Waals surface area (Å²) in [4.78, 5) is 12.0. The number of carbonyl (C=O) groups is 1. The number of carbonyl (C=O) groups excluding carboxylic acids is 1. The first kappa shape index (κ1) is 7.07. The smallest absolute Gasteiger partial charge is 0.228 e. The Labute approximate surface area is 60.2 Å². The highest BCUT2D eigenvalue weighted by molar-refractivity contribution is 5.81. The van der Waals surface area contributed by atoms with Gasteiger partial charge >= 0.3 is 0 Å². The minimum absolute atomic E-state index is 0.280. The Morgan fingerprint density at radius 1 is 1.80 bits per heavy atom. The molecule has 52 valence electrons. The van der Waals surface area contributed by atoms with Crippen molar-refractivity contribution < 1.29 is 4.79 Å². The lowest BCUT2D eigenvalue weighted by Gasteiger charge is -2.15. The number of rotatable bonds is 0. The minimum atomic E-state index is -0.482. The summed E-state index contributed by atoms with van der Waals surface area (Å²) >= 11 is 0. The summed E-state index contributed by atoms with van der Waals surface area (Å²) < 4.78 is 0. The van der Waals surface area contributed by atoms with Crippen LogP contribution in [0.1, 0.15) is 12.8 Å². The Hall–Kier alpha value is -1.04. The molecule has 0 aliphatic carbocycles. The van der Waals surface area contributed by atoms with E-state index in [9.17, 15) is 4.79 Å². The van der Waals surface area contributed by atoms with Crippen molar-refractivity contribution in [1.82, 2.24) is 4.90 Å². The third-order valence-electron chi connectivity index (χ3n) is 1.68. The molecule has 3 heteroatoms. The molecule has 10 heavy (non-hydrogen) atoms. The van der Waals surface area contributed by atoms with Gasteiger partial charge in [-0.25, -0.2) is 0 Å². The second-order valence-corrected chi connectivity index (χ2v) is 2.32. The summed E-state index contributed by atoms with van der Waals surface area (Å²) in [5.74, 6) is -0.482. The summed E-state index contributed by atoms with van der Waals surface area (Å²) in [6, 6.07) is 1.74. The van der Waals surface area contributed by atoms with Crippen molar-refractivity contribution in [3.05, 3.63) is 6.92 Å². The fraction of sp³-hybridized carbons (Fsp3) is 0.571. The van der Waals surface area contributed by atoms with E-state index in [1.54, 1.807) is 0 Å². The average Bonchev–Trinajstić information content (AvgIpc) is 2.33. The van der Waals surface area contributed by atoms with Crippen LogP contribution in [-0.4, -0.2) is 23.4 Å². The maximum Gasteiger partial charge on any atom is 0.228 e. The Morgan fingerprint density at radius 2 is 2.50 bits per heavy atom. The van der Waals surface area contributed by atoms with Gasteiger partial charge in [0.25, 0.3) is 0 Å². The first-order valence-electron chi connectivity index (χ1n) is 3.21. The van der Waals surface area contributed by atoms with Crippen LogP contribution in [0.5, 0.6) is 0 Å². The molecule has 1 aliphatic rings. The Balaban J connectivity index is 2.61. The van der Waals surface area contributed by atoms with Gasteiger partial charge in [-0.3, -0.25) is 4.79 Å². The van der Waals surface area contributed by atoms with E-state index in [1.165, 1.54) is 4.90 Å². The first-order chi connectivity index (χ1) is 4.75. The molecule has 0 bridgehead atoms. The van der Waals surface area contributed by atoms with Gasteiger partial charge in [0.1, 0.15) is 6.04 Å². The molecule has 1 heterocycles. The van der Waals surface area contributed by atoms with Crippen LogP contribution < -0.4 is 0 Å². The lowest BCUT2D eigenvalue weighted by atomic mass is 10.2. The Bertz CT molecular complexity index is 183. The van der Waals surface area contributed by atoms with Crippen molar-refractivity contribution in [2.24, 2.45) is 0 Å². The number of amides is 1. The highest BCUT2D eigenvalue weighted by Gasteiger charge is 2.25. The van der Waals surface area contributed by atoms with Gasteiger partial charge in [0, 0.05) is 6.54 Å².